The van der Waals surface area contributed by atoms with Crippen LogP contribution in [0.3, 0.4) is 0 Å². The molecule has 0 aromatic carbocycles. The highest BCUT2D eigenvalue weighted by Crippen LogP contribution is 1.96. The molecule has 68 valence electrons. The molecule has 0 aromatic rings. The third-order valence-electron chi connectivity index (χ3n) is 1.39. The molecule has 3 nitrogen and oxygen atoms in total. The molecule has 0 N–H and O–H groups in total. The first-order valence-corrected chi connectivity index (χ1v) is 4.42. The number of hydrogen-bond donors (Lipinski definition) is 0. The van der Waals surface area contributed by atoms with E-state index in [-0.39, 0.29) is 0 Å². The van der Waals surface area contributed by atoms with Gasteiger partial charge in [0.05, 0.1) is 12.5 Å². The summed E-state index contributed by atoms with van der Waals surface area (Å²) in [5.74, 6) is 0. The molecule has 0 aromatic heterocycles. The van der Waals surface area contributed by atoms with Crippen LogP contribution in [0, 0.1) is 11.3 Å². The van der Waals surface area contributed by atoms with Crippen LogP contribution < -0.4 is 0 Å². The summed E-state index contributed by atoms with van der Waals surface area (Å²) in [6.45, 7) is 2.57. The smallest absolute Gasteiger partial charge is 0.130 e. The van der Waals surface area contributed by atoms with E-state index in [1.54, 1.807) is 6.21 Å². The minimum Gasteiger partial charge on any atom is -0.395 e. The van der Waals surface area contributed by atoms with Crippen LogP contribution in [0.5, 0.6) is 0 Å². The Kier molecular flexibility index (Phi) is 9.10. The van der Waals surface area contributed by atoms with E-state index in [2.05, 4.69) is 12.1 Å². The zero-order chi connectivity index (χ0) is 9.07. The Morgan fingerprint density at radius 2 is 2.33 bits per heavy atom. The van der Waals surface area contributed by atoms with E-state index in [0.717, 1.165) is 6.42 Å². The van der Waals surface area contributed by atoms with Crippen LogP contribution >= 0.6 is 0 Å². The molecule has 0 aliphatic carbocycles. The summed E-state index contributed by atoms with van der Waals surface area (Å²) < 4.78 is 0. The molecule has 0 unspecified atom stereocenters. The molecule has 0 spiro atoms. The quantitative estimate of drug-likeness (QED) is 0.333. The van der Waals surface area contributed by atoms with E-state index in [0.29, 0.717) is 13.0 Å². The Labute approximate surface area is 74.0 Å². The Morgan fingerprint density at radius 1 is 1.50 bits per heavy atom. The fraction of sp³-hybridized carbons (Fsp3) is 0.778. The summed E-state index contributed by atoms with van der Waals surface area (Å²) in [7, 11) is 0. The summed E-state index contributed by atoms with van der Waals surface area (Å²) in [5, 5.41) is 11.9. The van der Waals surface area contributed by atoms with Gasteiger partial charge < -0.3 is 4.84 Å². The molecule has 0 amide bonds. The standard InChI is InChI=1S/C9H16N2O/c1-2-3-4-5-8-11-12-9-6-7-10/h8H,2-6,9H2,1H3/b11-8+. The van der Waals surface area contributed by atoms with E-state index < -0.39 is 0 Å². The third-order valence-corrected chi connectivity index (χ3v) is 1.39. The lowest BCUT2D eigenvalue weighted by Gasteiger charge is -1.93. The lowest BCUT2D eigenvalue weighted by molar-refractivity contribution is 0.151. The van der Waals surface area contributed by atoms with Gasteiger partial charge in [-0.25, -0.2) is 0 Å². The van der Waals surface area contributed by atoms with E-state index >= 15 is 0 Å². The third kappa shape index (κ3) is 8.96. The van der Waals surface area contributed by atoms with Gasteiger partial charge in [0.1, 0.15) is 6.61 Å². The first-order valence-electron chi connectivity index (χ1n) is 4.42. The molecule has 0 saturated heterocycles. The summed E-state index contributed by atoms with van der Waals surface area (Å²) in [5.41, 5.74) is 0. The maximum Gasteiger partial charge on any atom is 0.130 e. The molecular formula is C9H16N2O. The average molecular weight is 168 g/mol. The Morgan fingerprint density at radius 3 is 3.00 bits per heavy atom. The van der Waals surface area contributed by atoms with Gasteiger partial charge in [0.15, 0.2) is 0 Å². The van der Waals surface area contributed by atoms with Crippen LogP contribution in [0.2, 0.25) is 0 Å². The van der Waals surface area contributed by atoms with Crippen molar-refractivity contribution < 1.29 is 4.84 Å². The average Bonchev–Trinajstić information content (AvgIpc) is 2.10. The molecular weight excluding hydrogens is 152 g/mol. The predicted octanol–water partition coefficient (Wildman–Crippen LogP) is 2.48. The lowest BCUT2D eigenvalue weighted by atomic mass is 10.2. The van der Waals surface area contributed by atoms with Crippen LogP contribution in [-0.4, -0.2) is 12.8 Å². The van der Waals surface area contributed by atoms with Gasteiger partial charge in [-0.2, -0.15) is 5.26 Å². The lowest BCUT2D eigenvalue weighted by Crippen LogP contribution is -1.86. The maximum absolute atomic E-state index is 8.16. The summed E-state index contributed by atoms with van der Waals surface area (Å²) in [6, 6.07) is 1.98. The molecule has 0 aliphatic heterocycles. The highest BCUT2D eigenvalue weighted by Gasteiger charge is 1.83. The number of oxime groups is 1. The van der Waals surface area contributed by atoms with Crippen molar-refractivity contribution >= 4 is 6.21 Å². The molecule has 0 heterocycles. The van der Waals surface area contributed by atoms with Gasteiger partial charge in [-0.3, -0.25) is 0 Å². The van der Waals surface area contributed by atoms with Crippen molar-refractivity contribution in [3.63, 3.8) is 0 Å². The van der Waals surface area contributed by atoms with E-state index in [4.69, 9.17) is 10.1 Å². The van der Waals surface area contributed by atoms with Gasteiger partial charge in [-0.05, 0) is 12.8 Å². The normalized spacial score (nSPS) is 10.0. The second-order valence-electron chi connectivity index (χ2n) is 2.53. The number of nitriles is 1. The largest absolute Gasteiger partial charge is 0.395 e. The van der Waals surface area contributed by atoms with Crippen LogP contribution in [-0.2, 0) is 4.84 Å². The molecule has 3 heteroatoms. The zero-order valence-corrected chi connectivity index (χ0v) is 7.62. The van der Waals surface area contributed by atoms with Gasteiger partial charge in [0.25, 0.3) is 0 Å². The number of unbranched alkanes of at least 4 members (excludes halogenated alkanes) is 3. The van der Waals surface area contributed by atoms with Crippen molar-refractivity contribution in [2.75, 3.05) is 6.61 Å². The molecule has 12 heavy (non-hydrogen) atoms. The first-order chi connectivity index (χ1) is 5.91. The molecule has 0 fully saturated rings. The second-order valence-corrected chi connectivity index (χ2v) is 2.53. The second kappa shape index (κ2) is 9.96. The molecule has 0 aliphatic rings. The van der Waals surface area contributed by atoms with E-state index in [1.807, 2.05) is 6.07 Å². The predicted molar refractivity (Wildman–Crippen MR) is 48.8 cm³/mol. The highest BCUT2D eigenvalue weighted by atomic mass is 16.6. The van der Waals surface area contributed by atoms with Crippen LogP contribution in [0.1, 0.15) is 39.0 Å². The van der Waals surface area contributed by atoms with E-state index in [9.17, 15) is 0 Å². The molecule has 0 bridgehead atoms. The van der Waals surface area contributed by atoms with Crippen molar-refractivity contribution in [2.45, 2.75) is 39.0 Å². The van der Waals surface area contributed by atoms with Gasteiger partial charge in [0.2, 0.25) is 0 Å². The van der Waals surface area contributed by atoms with Crippen molar-refractivity contribution in [1.29, 1.82) is 5.26 Å². The van der Waals surface area contributed by atoms with E-state index in [1.165, 1.54) is 19.3 Å². The number of hydrogen-bond acceptors (Lipinski definition) is 3. The number of nitrogens with zero attached hydrogens (tertiary/aromatic N) is 2. The molecule has 0 saturated carbocycles. The fourth-order valence-electron chi connectivity index (χ4n) is 0.735. The van der Waals surface area contributed by atoms with Crippen molar-refractivity contribution in [3.05, 3.63) is 0 Å². The molecule has 0 atom stereocenters. The van der Waals surface area contributed by atoms with Crippen LogP contribution in [0.4, 0.5) is 0 Å². The first kappa shape index (κ1) is 11.0. The van der Waals surface area contributed by atoms with Crippen LogP contribution in [0.15, 0.2) is 5.16 Å². The van der Waals surface area contributed by atoms with Crippen molar-refractivity contribution in [1.82, 2.24) is 0 Å². The summed E-state index contributed by atoms with van der Waals surface area (Å²) in [6.07, 6.45) is 6.79. The molecule has 0 rings (SSSR count). The zero-order valence-electron chi connectivity index (χ0n) is 7.62. The SMILES string of the molecule is CCCCC/C=N/OCCC#N. The fourth-order valence-corrected chi connectivity index (χ4v) is 0.735. The van der Waals surface area contributed by atoms with Gasteiger partial charge >= 0.3 is 0 Å². The van der Waals surface area contributed by atoms with Gasteiger partial charge in [-0.15, -0.1) is 0 Å². The maximum atomic E-state index is 8.16. The monoisotopic (exact) mass is 168 g/mol. The number of rotatable bonds is 7. The van der Waals surface area contributed by atoms with Gasteiger partial charge in [0, 0.05) is 6.21 Å². The van der Waals surface area contributed by atoms with Crippen molar-refractivity contribution in [2.24, 2.45) is 5.16 Å². The summed E-state index contributed by atoms with van der Waals surface area (Å²) in [4.78, 5) is 4.80. The van der Waals surface area contributed by atoms with Gasteiger partial charge in [-0.1, -0.05) is 24.9 Å². The Hall–Kier alpha value is -1.04. The minimum absolute atomic E-state index is 0.404. The summed E-state index contributed by atoms with van der Waals surface area (Å²) >= 11 is 0. The Balaban J connectivity index is 2.99. The van der Waals surface area contributed by atoms with Crippen molar-refractivity contribution in [3.8, 4) is 6.07 Å². The highest BCUT2D eigenvalue weighted by molar-refractivity contribution is 5.56. The minimum atomic E-state index is 0.404. The Bertz CT molecular complexity index is 149. The van der Waals surface area contributed by atoms with Crippen LogP contribution in [0.25, 0.3) is 0 Å². The topological polar surface area (TPSA) is 45.4 Å². The molecule has 0 radical (unpaired) electrons.